The zero-order valence-corrected chi connectivity index (χ0v) is 13.1. The molecule has 6 heteroatoms. The summed E-state index contributed by atoms with van der Waals surface area (Å²) in [7, 11) is 2.98. The molecule has 0 fully saturated rings. The van der Waals surface area contributed by atoms with Crippen molar-refractivity contribution in [1.29, 1.82) is 0 Å². The molecule has 19 heavy (non-hydrogen) atoms. The van der Waals surface area contributed by atoms with E-state index in [4.69, 9.17) is 9.47 Å². The van der Waals surface area contributed by atoms with Crippen molar-refractivity contribution < 1.29 is 14.4 Å². The molecule has 0 heterocycles. The van der Waals surface area contributed by atoms with E-state index in [1.165, 1.54) is 20.3 Å². The number of ether oxygens (including phenoxy) is 2. The van der Waals surface area contributed by atoms with Crippen LogP contribution in [0.1, 0.15) is 31.7 Å². The van der Waals surface area contributed by atoms with Gasteiger partial charge in [0.15, 0.2) is 11.5 Å². The van der Waals surface area contributed by atoms with E-state index in [1.807, 2.05) is 13.8 Å². The molecule has 2 unspecified atom stereocenters. The Morgan fingerprint density at radius 3 is 2.21 bits per heavy atom. The molecule has 0 aliphatic rings. The molecule has 2 atom stereocenters. The number of halogens is 1. The van der Waals surface area contributed by atoms with Crippen LogP contribution in [-0.2, 0) is 0 Å². The minimum absolute atomic E-state index is 0.0419. The second-order valence-electron chi connectivity index (χ2n) is 4.22. The highest BCUT2D eigenvalue weighted by Crippen LogP contribution is 2.41. The molecule has 0 bridgehead atoms. The van der Waals surface area contributed by atoms with Gasteiger partial charge in [0.2, 0.25) is 0 Å². The standard InChI is InChI=1S/C13H18BrNO4/c1-5-9(8(2)14)10-6-12(18-3)13(19-4)7-11(10)15(16)17/h6-9H,5H2,1-4H3. The van der Waals surface area contributed by atoms with E-state index < -0.39 is 0 Å². The van der Waals surface area contributed by atoms with Crippen molar-refractivity contribution in [2.24, 2.45) is 0 Å². The zero-order valence-electron chi connectivity index (χ0n) is 11.5. The Morgan fingerprint density at radius 2 is 1.84 bits per heavy atom. The highest BCUT2D eigenvalue weighted by atomic mass is 79.9. The van der Waals surface area contributed by atoms with Gasteiger partial charge in [0.1, 0.15) is 0 Å². The molecular weight excluding hydrogens is 314 g/mol. The van der Waals surface area contributed by atoms with Crippen molar-refractivity contribution in [2.45, 2.75) is 31.0 Å². The van der Waals surface area contributed by atoms with Crippen molar-refractivity contribution in [2.75, 3.05) is 14.2 Å². The number of nitro groups is 1. The van der Waals surface area contributed by atoms with Crippen molar-refractivity contribution in [3.8, 4) is 11.5 Å². The fourth-order valence-electron chi connectivity index (χ4n) is 2.13. The van der Waals surface area contributed by atoms with E-state index in [0.717, 1.165) is 6.42 Å². The first-order valence-electron chi connectivity index (χ1n) is 6.00. The second kappa shape index (κ2) is 6.75. The zero-order chi connectivity index (χ0) is 14.6. The van der Waals surface area contributed by atoms with Gasteiger partial charge in [0.25, 0.3) is 5.69 Å². The van der Waals surface area contributed by atoms with E-state index in [2.05, 4.69) is 15.9 Å². The number of nitro benzene ring substituents is 1. The van der Waals surface area contributed by atoms with Gasteiger partial charge in [-0.15, -0.1) is 0 Å². The van der Waals surface area contributed by atoms with Gasteiger partial charge >= 0.3 is 0 Å². The average molecular weight is 332 g/mol. The van der Waals surface area contributed by atoms with Crippen LogP contribution in [0, 0.1) is 10.1 Å². The monoisotopic (exact) mass is 331 g/mol. The van der Waals surface area contributed by atoms with Crippen molar-refractivity contribution >= 4 is 21.6 Å². The summed E-state index contributed by atoms with van der Waals surface area (Å²) in [6, 6.07) is 3.12. The average Bonchev–Trinajstić information content (AvgIpc) is 2.38. The van der Waals surface area contributed by atoms with Gasteiger partial charge in [-0.05, 0) is 12.5 Å². The predicted molar refractivity (Wildman–Crippen MR) is 77.6 cm³/mol. The van der Waals surface area contributed by atoms with Gasteiger partial charge in [-0.3, -0.25) is 10.1 Å². The van der Waals surface area contributed by atoms with Crippen LogP contribution in [0.5, 0.6) is 11.5 Å². The van der Waals surface area contributed by atoms with Crippen LogP contribution in [0.25, 0.3) is 0 Å². The maximum Gasteiger partial charge on any atom is 0.276 e. The van der Waals surface area contributed by atoms with Crippen LogP contribution in [0.2, 0.25) is 0 Å². The van der Waals surface area contributed by atoms with Crippen LogP contribution in [0.4, 0.5) is 5.69 Å². The summed E-state index contributed by atoms with van der Waals surface area (Å²) in [4.78, 5) is 11.0. The van der Waals surface area contributed by atoms with E-state index >= 15 is 0 Å². The Bertz CT molecular complexity index is 462. The molecule has 1 aromatic carbocycles. The molecule has 0 saturated heterocycles. The van der Waals surface area contributed by atoms with Gasteiger partial charge in [0, 0.05) is 16.3 Å². The molecule has 1 rings (SSSR count). The third-order valence-electron chi connectivity index (χ3n) is 3.12. The number of hydrogen-bond acceptors (Lipinski definition) is 4. The fourth-order valence-corrected chi connectivity index (χ4v) is 2.79. The number of methoxy groups -OCH3 is 2. The van der Waals surface area contributed by atoms with Crippen molar-refractivity contribution in [1.82, 2.24) is 0 Å². The second-order valence-corrected chi connectivity index (χ2v) is 5.66. The number of benzene rings is 1. The van der Waals surface area contributed by atoms with Crippen molar-refractivity contribution in [3.05, 3.63) is 27.8 Å². The fraction of sp³-hybridized carbons (Fsp3) is 0.538. The van der Waals surface area contributed by atoms with Gasteiger partial charge < -0.3 is 9.47 Å². The number of rotatable bonds is 6. The third kappa shape index (κ3) is 3.37. The third-order valence-corrected chi connectivity index (χ3v) is 3.76. The van der Waals surface area contributed by atoms with Crippen LogP contribution in [0.15, 0.2) is 12.1 Å². The predicted octanol–water partition coefficient (Wildman–Crippen LogP) is 3.89. The Balaban J connectivity index is 3.46. The first-order chi connectivity index (χ1) is 8.96. The molecule has 5 nitrogen and oxygen atoms in total. The molecule has 0 radical (unpaired) electrons. The summed E-state index contributed by atoms with van der Waals surface area (Å²) in [6.45, 7) is 3.98. The Kier molecular flexibility index (Phi) is 5.60. The van der Waals surface area contributed by atoms with Crippen LogP contribution in [0.3, 0.4) is 0 Å². The quantitative estimate of drug-likeness (QED) is 0.450. The maximum atomic E-state index is 11.2. The normalized spacial score (nSPS) is 13.7. The first kappa shape index (κ1) is 15.8. The molecule has 0 saturated carbocycles. The van der Waals surface area contributed by atoms with Crippen LogP contribution >= 0.6 is 15.9 Å². The molecule has 0 aliphatic heterocycles. The summed E-state index contributed by atoms with van der Waals surface area (Å²) in [5.41, 5.74) is 0.727. The summed E-state index contributed by atoms with van der Waals surface area (Å²) >= 11 is 3.51. The van der Waals surface area contributed by atoms with E-state index in [9.17, 15) is 10.1 Å². The number of alkyl halides is 1. The summed E-state index contributed by atoms with van der Waals surface area (Å²) in [5.74, 6) is 0.921. The number of hydrogen-bond donors (Lipinski definition) is 0. The lowest BCUT2D eigenvalue weighted by molar-refractivity contribution is -0.385. The van der Waals surface area contributed by atoms with Crippen molar-refractivity contribution in [3.63, 3.8) is 0 Å². The largest absolute Gasteiger partial charge is 0.493 e. The van der Waals surface area contributed by atoms with E-state index in [1.54, 1.807) is 6.07 Å². The highest BCUT2D eigenvalue weighted by Gasteiger charge is 2.27. The smallest absolute Gasteiger partial charge is 0.276 e. The van der Waals surface area contributed by atoms with Gasteiger partial charge in [-0.2, -0.15) is 0 Å². The summed E-state index contributed by atoms with van der Waals surface area (Å²) < 4.78 is 10.3. The van der Waals surface area contributed by atoms with Gasteiger partial charge in [0.05, 0.1) is 25.2 Å². The lowest BCUT2D eigenvalue weighted by atomic mass is 9.92. The molecule has 0 aliphatic carbocycles. The highest BCUT2D eigenvalue weighted by molar-refractivity contribution is 9.09. The minimum Gasteiger partial charge on any atom is -0.493 e. The Hall–Kier alpha value is -1.30. The van der Waals surface area contributed by atoms with E-state index in [-0.39, 0.29) is 21.4 Å². The SMILES string of the molecule is CCC(c1cc(OC)c(OC)cc1[N+](=O)[O-])C(C)Br. The maximum absolute atomic E-state index is 11.2. The lowest BCUT2D eigenvalue weighted by Crippen LogP contribution is -2.11. The summed E-state index contributed by atoms with van der Waals surface area (Å²) in [6.07, 6.45) is 0.794. The van der Waals surface area contributed by atoms with Crippen LogP contribution < -0.4 is 9.47 Å². The topological polar surface area (TPSA) is 61.6 Å². The lowest BCUT2D eigenvalue weighted by Gasteiger charge is -2.19. The van der Waals surface area contributed by atoms with E-state index in [0.29, 0.717) is 17.1 Å². The first-order valence-corrected chi connectivity index (χ1v) is 6.92. The molecule has 0 amide bonds. The minimum atomic E-state index is -0.380. The van der Waals surface area contributed by atoms with Gasteiger partial charge in [-0.25, -0.2) is 0 Å². The molecule has 0 N–H and O–H groups in total. The Morgan fingerprint density at radius 1 is 1.32 bits per heavy atom. The molecule has 1 aromatic rings. The molecular formula is C13H18BrNO4. The number of nitrogens with zero attached hydrogens (tertiary/aromatic N) is 1. The molecule has 0 spiro atoms. The summed E-state index contributed by atoms with van der Waals surface area (Å²) in [5, 5.41) is 11.2. The molecule has 0 aromatic heterocycles. The van der Waals surface area contributed by atoms with Gasteiger partial charge in [-0.1, -0.05) is 29.8 Å². The Labute approximate surface area is 121 Å². The molecule has 106 valence electrons. The van der Waals surface area contributed by atoms with Crippen LogP contribution in [-0.4, -0.2) is 24.0 Å².